The van der Waals surface area contributed by atoms with Gasteiger partial charge in [0.05, 0.1) is 11.8 Å². The molecule has 2 rings (SSSR count). The number of carbonyl (C=O) groups excluding carboxylic acids is 2. The topological polar surface area (TPSA) is 49.4 Å². The molecule has 1 aromatic rings. The van der Waals surface area contributed by atoms with Crippen LogP contribution in [0, 0.1) is 5.41 Å². The van der Waals surface area contributed by atoms with Gasteiger partial charge in [-0.2, -0.15) is 0 Å². The molecule has 2 amide bonds. The first-order chi connectivity index (χ1) is 9.55. The maximum atomic E-state index is 12.4. The van der Waals surface area contributed by atoms with Crippen LogP contribution in [-0.4, -0.2) is 36.9 Å². The molecule has 4 heteroatoms. The van der Waals surface area contributed by atoms with Gasteiger partial charge in [0, 0.05) is 20.1 Å². The van der Waals surface area contributed by atoms with Gasteiger partial charge in [0.2, 0.25) is 11.8 Å². The molecule has 1 saturated heterocycles. The summed E-state index contributed by atoms with van der Waals surface area (Å²) in [4.78, 5) is 26.2. The van der Waals surface area contributed by atoms with E-state index in [9.17, 15) is 9.59 Å². The smallest absolute Gasteiger partial charge is 0.227 e. The Morgan fingerprint density at radius 2 is 2.00 bits per heavy atom. The summed E-state index contributed by atoms with van der Waals surface area (Å²) in [6, 6.07) is 9.73. The molecule has 108 valence electrons. The minimum absolute atomic E-state index is 0.0229. The van der Waals surface area contributed by atoms with Gasteiger partial charge in [-0.15, -0.1) is 0 Å². The van der Waals surface area contributed by atoms with Gasteiger partial charge in [0.25, 0.3) is 0 Å². The van der Waals surface area contributed by atoms with Crippen molar-refractivity contribution in [1.29, 1.82) is 0 Å². The van der Waals surface area contributed by atoms with Crippen molar-refractivity contribution >= 4 is 11.8 Å². The molecule has 1 heterocycles. The zero-order valence-electron chi connectivity index (χ0n) is 12.2. The zero-order valence-corrected chi connectivity index (χ0v) is 12.2. The maximum Gasteiger partial charge on any atom is 0.227 e. The fraction of sp³-hybridized carbons (Fsp3) is 0.500. The van der Waals surface area contributed by atoms with E-state index in [4.69, 9.17) is 0 Å². The minimum Gasteiger partial charge on any atom is -0.359 e. The van der Waals surface area contributed by atoms with Crippen molar-refractivity contribution in [2.24, 2.45) is 5.41 Å². The quantitative estimate of drug-likeness (QED) is 0.910. The van der Waals surface area contributed by atoms with Crippen LogP contribution < -0.4 is 5.32 Å². The average molecular weight is 274 g/mol. The summed E-state index contributed by atoms with van der Waals surface area (Å²) in [5, 5.41) is 2.71. The average Bonchev–Trinajstić information content (AvgIpc) is 2.47. The number of nitrogens with one attached hydrogen (secondary N) is 1. The van der Waals surface area contributed by atoms with E-state index in [0.29, 0.717) is 13.0 Å². The van der Waals surface area contributed by atoms with E-state index in [-0.39, 0.29) is 11.8 Å². The highest BCUT2D eigenvalue weighted by molar-refractivity contribution is 5.84. The van der Waals surface area contributed by atoms with Crippen LogP contribution >= 0.6 is 0 Å². The summed E-state index contributed by atoms with van der Waals surface area (Å²) in [7, 11) is 1.65. The largest absolute Gasteiger partial charge is 0.359 e. The van der Waals surface area contributed by atoms with Crippen molar-refractivity contribution in [2.75, 3.05) is 20.1 Å². The van der Waals surface area contributed by atoms with E-state index in [1.165, 1.54) is 0 Å². The van der Waals surface area contributed by atoms with E-state index >= 15 is 0 Å². The number of piperidine rings is 1. The van der Waals surface area contributed by atoms with Gasteiger partial charge in [0.1, 0.15) is 0 Å². The van der Waals surface area contributed by atoms with Crippen molar-refractivity contribution in [3.63, 3.8) is 0 Å². The summed E-state index contributed by atoms with van der Waals surface area (Å²) < 4.78 is 0. The third kappa shape index (κ3) is 3.18. The second-order valence-corrected chi connectivity index (χ2v) is 5.72. The molecule has 1 aliphatic rings. The number of likely N-dealkylation sites (tertiary alicyclic amines) is 1. The predicted octanol–water partition coefficient (Wildman–Crippen LogP) is 1.60. The first-order valence-electron chi connectivity index (χ1n) is 7.09. The normalized spacial score (nSPS) is 22.4. The Kier molecular flexibility index (Phi) is 4.42. The second-order valence-electron chi connectivity index (χ2n) is 5.72. The number of benzene rings is 1. The van der Waals surface area contributed by atoms with Crippen LogP contribution in [0.5, 0.6) is 0 Å². The van der Waals surface area contributed by atoms with Crippen LogP contribution in [0.4, 0.5) is 0 Å². The van der Waals surface area contributed by atoms with Crippen molar-refractivity contribution in [2.45, 2.75) is 26.2 Å². The molecule has 4 nitrogen and oxygen atoms in total. The lowest BCUT2D eigenvalue weighted by molar-refractivity contribution is -0.139. The Balaban J connectivity index is 2.02. The van der Waals surface area contributed by atoms with Gasteiger partial charge in [-0.05, 0) is 25.3 Å². The molecule has 0 aromatic heterocycles. The van der Waals surface area contributed by atoms with Crippen LogP contribution in [0.25, 0.3) is 0 Å². The van der Waals surface area contributed by atoms with Crippen LogP contribution in [0.2, 0.25) is 0 Å². The molecule has 0 aliphatic carbocycles. The molecule has 0 saturated carbocycles. The van der Waals surface area contributed by atoms with Gasteiger partial charge in [-0.1, -0.05) is 30.3 Å². The fourth-order valence-electron chi connectivity index (χ4n) is 2.82. The molecule has 1 fully saturated rings. The number of hydrogen-bond acceptors (Lipinski definition) is 2. The summed E-state index contributed by atoms with van der Waals surface area (Å²) in [6.07, 6.45) is 2.12. The number of rotatable bonds is 3. The van der Waals surface area contributed by atoms with Crippen molar-refractivity contribution in [3.8, 4) is 0 Å². The molecular weight excluding hydrogens is 252 g/mol. The van der Waals surface area contributed by atoms with E-state index < -0.39 is 5.41 Å². The first-order valence-corrected chi connectivity index (χ1v) is 7.09. The Hall–Kier alpha value is -1.84. The molecule has 1 aliphatic heterocycles. The number of amides is 2. The van der Waals surface area contributed by atoms with Crippen molar-refractivity contribution < 1.29 is 9.59 Å². The lowest BCUT2D eigenvalue weighted by Gasteiger charge is -2.39. The van der Waals surface area contributed by atoms with Crippen LogP contribution in [0.1, 0.15) is 25.3 Å². The molecule has 20 heavy (non-hydrogen) atoms. The Labute approximate surface area is 120 Å². The van der Waals surface area contributed by atoms with E-state index in [1.54, 1.807) is 7.05 Å². The Bertz CT molecular complexity index is 487. The van der Waals surface area contributed by atoms with Gasteiger partial charge < -0.3 is 10.2 Å². The highest BCUT2D eigenvalue weighted by Gasteiger charge is 2.38. The van der Waals surface area contributed by atoms with Gasteiger partial charge in [-0.25, -0.2) is 0 Å². The van der Waals surface area contributed by atoms with E-state index in [1.807, 2.05) is 42.2 Å². The zero-order chi connectivity index (χ0) is 14.6. The monoisotopic (exact) mass is 274 g/mol. The standard InChI is InChI=1S/C16H22N2O2/c1-16(15(20)17-2)9-6-10-18(12-16)14(19)11-13-7-4-3-5-8-13/h3-5,7-8H,6,9-12H2,1-2H3,(H,17,20). The van der Waals surface area contributed by atoms with Gasteiger partial charge >= 0.3 is 0 Å². The van der Waals surface area contributed by atoms with Crippen molar-refractivity contribution in [1.82, 2.24) is 10.2 Å². The maximum absolute atomic E-state index is 12.4. The van der Waals surface area contributed by atoms with Gasteiger partial charge in [0.15, 0.2) is 0 Å². The molecule has 0 bridgehead atoms. The highest BCUT2D eigenvalue weighted by atomic mass is 16.2. The summed E-state index contributed by atoms with van der Waals surface area (Å²) in [5.74, 6) is 0.126. The molecule has 0 spiro atoms. The number of nitrogens with zero attached hydrogens (tertiary/aromatic N) is 1. The highest BCUT2D eigenvalue weighted by Crippen LogP contribution is 2.29. The molecule has 1 aromatic carbocycles. The van der Waals surface area contributed by atoms with Crippen LogP contribution in [-0.2, 0) is 16.0 Å². The molecule has 1 atom stereocenters. The fourth-order valence-corrected chi connectivity index (χ4v) is 2.82. The lowest BCUT2D eigenvalue weighted by atomic mass is 9.81. The van der Waals surface area contributed by atoms with E-state index in [2.05, 4.69) is 5.32 Å². The van der Waals surface area contributed by atoms with Crippen LogP contribution in [0.15, 0.2) is 30.3 Å². The first kappa shape index (κ1) is 14.6. The Morgan fingerprint density at radius 1 is 1.30 bits per heavy atom. The van der Waals surface area contributed by atoms with Crippen LogP contribution in [0.3, 0.4) is 0 Å². The molecule has 1 N–H and O–H groups in total. The molecular formula is C16H22N2O2. The van der Waals surface area contributed by atoms with E-state index in [0.717, 1.165) is 24.9 Å². The number of carbonyl (C=O) groups is 2. The molecule has 0 radical (unpaired) electrons. The minimum atomic E-state index is -0.459. The summed E-state index contributed by atoms with van der Waals surface area (Å²) >= 11 is 0. The predicted molar refractivity (Wildman–Crippen MR) is 78.1 cm³/mol. The SMILES string of the molecule is CNC(=O)C1(C)CCCN(C(=O)Cc2ccccc2)C1. The second kappa shape index (κ2) is 6.07. The summed E-state index contributed by atoms with van der Waals surface area (Å²) in [6.45, 7) is 3.20. The summed E-state index contributed by atoms with van der Waals surface area (Å²) in [5.41, 5.74) is 0.559. The molecule has 1 unspecified atom stereocenters. The van der Waals surface area contributed by atoms with Crippen molar-refractivity contribution in [3.05, 3.63) is 35.9 Å². The number of hydrogen-bond donors (Lipinski definition) is 1. The Morgan fingerprint density at radius 3 is 2.65 bits per heavy atom. The third-order valence-electron chi connectivity index (χ3n) is 4.02. The van der Waals surface area contributed by atoms with Gasteiger partial charge in [-0.3, -0.25) is 9.59 Å². The third-order valence-corrected chi connectivity index (χ3v) is 4.02. The lowest BCUT2D eigenvalue weighted by Crippen LogP contribution is -2.51.